The number of hydrogen-bond acceptors (Lipinski definition) is 2. The van der Waals surface area contributed by atoms with E-state index in [0.717, 1.165) is 13.1 Å². The molecule has 2 nitrogen and oxygen atoms in total. The Morgan fingerprint density at radius 3 is 1.95 bits per heavy atom. The Labute approximate surface area is 125 Å². The summed E-state index contributed by atoms with van der Waals surface area (Å²) in [4.78, 5) is 0. The molecule has 2 heteroatoms. The third-order valence-corrected chi connectivity index (χ3v) is 3.86. The predicted molar refractivity (Wildman–Crippen MR) is 90.2 cm³/mol. The lowest BCUT2D eigenvalue weighted by atomic mass is 10.1. The van der Waals surface area contributed by atoms with Gasteiger partial charge in [0.05, 0.1) is 0 Å². The lowest BCUT2D eigenvalue weighted by Gasteiger charge is -2.24. The van der Waals surface area contributed by atoms with E-state index in [-0.39, 0.29) is 0 Å². The second-order valence-electron chi connectivity index (χ2n) is 5.81. The van der Waals surface area contributed by atoms with Crippen molar-refractivity contribution in [3.8, 4) is 0 Å². The molecule has 0 aromatic heterocycles. The number of nitrogens with one attached hydrogen (secondary N) is 1. The molecule has 0 heterocycles. The van der Waals surface area contributed by atoms with E-state index in [9.17, 15) is 0 Å². The number of anilines is 1. The Kier molecular flexibility index (Phi) is 8.36. The van der Waals surface area contributed by atoms with Crippen LogP contribution in [0, 0.1) is 13.8 Å². The largest absolute Gasteiger partial charge is 0.319 e. The lowest BCUT2D eigenvalue weighted by Crippen LogP contribution is -2.32. The standard InChI is InChI=1S/C18H32N2/c1-5-7-9-13-20(14-10-8-6-2)19-18-12-11-16(3)17(4)15-18/h11-12,15,19H,5-10,13-14H2,1-4H3. The molecule has 0 saturated carbocycles. The zero-order chi connectivity index (χ0) is 14.8. The Bertz CT molecular complexity index is 364. The minimum Gasteiger partial charge on any atom is -0.319 e. The van der Waals surface area contributed by atoms with E-state index in [1.807, 2.05) is 0 Å². The van der Waals surface area contributed by atoms with E-state index in [1.165, 1.54) is 55.3 Å². The van der Waals surface area contributed by atoms with Crippen LogP contribution >= 0.6 is 0 Å². The number of benzene rings is 1. The predicted octanol–water partition coefficient (Wildman–Crippen LogP) is 5.31. The molecule has 0 amide bonds. The van der Waals surface area contributed by atoms with Gasteiger partial charge in [-0.15, -0.1) is 0 Å². The fourth-order valence-electron chi connectivity index (χ4n) is 2.32. The van der Waals surface area contributed by atoms with Crippen molar-refractivity contribution in [2.75, 3.05) is 18.5 Å². The highest BCUT2D eigenvalue weighted by Crippen LogP contribution is 2.15. The molecule has 1 aromatic carbocycles. The van der Waals surface area contributed by atoms with Gasteiger partial charge in [0.2, 0.25) is 0 Å². The van der Waals surface area contributed by atoms with Gasteiger partial charge in [0, 0.05) is 18.8 Å². The van der Waals surface area contributed by atoms with Gasteiger partial charge in [-0.1, -0.05) is 45.6 Å². The molecule has 0 atom stereocenters. The molecular formula is C18H32N2. The minimum absolute atomic E-state index is 1.14. The molecule has 1 aromatic rings. The fourth-order valence-corrected chi connectivity index (χ4v) is 2.32. The minimum atomic E-state index is 1.14. The van der Waals surface area contributed by atoms with Gasteiger partial charge in [0.1, 0.15) is 0 Å². The Hall–Kier alpha value is -1.02. The zero-order valence-electron chi connectivity index (χ0n) is 13.8. The number of aryl methyl sites for hydroxylation is 2. The zero-order valence-corrected chi connectivity index (χ0v) is 13.8. The highest BCUT2D eigenvalue weighted by Gasteiger charge is 2.05. The summed E-state index contributed by atoms with van der Waals surface area (Å²) in [5, 5.41) is 2.40. The maximum absolute atomic E-state index is 3.60. The molecule has 0 fully saturated rings. The molecule has 0 aliphatic heterocycles. The van der Waals surface area contributed by atoms with Crippen LogP contribution in [0.1, 0.15) is 63.5 Å². The van der Waals surface area contributed by atoms with E-state index < -0.39 is 0 Å². The van der Waals surface area contributed by atoms with E-state index in [0.29, 0.717) is 0 Å². The summed E-state index contributed by atoms with van der Waals surface area (Å²) < 4.78 is 0. The Morgan fingerprint density at radius 2 is 1.45 bits per heavy atom. The highest BCUT2D eigenvalue weighted by molar-refractivity contribution is 5.47. The maximum atomic E-state index is 3.60. The first kappa shape index (κ1) is 17.0. The van der Waals surface area contributed by atoms with Crippen molar-refractivity contribution < 1.29 is 0 Å². The first-order valence-electron chi connectivity index (χ1n) is 8.26. The smallest absolute Gasteiger partial charge is 0.0492 e. The first-order chi connectivity index (χ1) is 9.67. The molecule has 1 N–H and O–H groups in total. The van der Waals surface area contributed by atoms with Crippen molar-refractivity contribution in [3.63, 3.8) is 0 Å². The van der Waals surface area contributed by atoms with E-state index >= 15 is 0 Å². The average Bonchev–Trinajstić information content (AvgIpc) is 2.43. The summed E-state index contributed by atoms with van der Waals surface area (Å²) in [6.07, 6.45) is 7.76. The third-order valence-electron chi connectivity index (χ3n) is 3.86. The van der Waals surface area contributed by atoms with Crippen LogP contribution in [0.5, 0.6) is 0 Å². The van der Waals surface area contributed by atoms with Crippen molar-refractivity contribution in [1.29, 1.82) is 0 Å². The molecule has 0 aliphatic rings. The van der Waals surface area contributed by atoms with Crippen LogP contribution in [-0.4, -0.2) is 18.1 Å². The summed E-state index contributed by atoms with van der Waals surface area (Å²) in [5.41, 5.74) is 7.54. The monoisotopic (exact) mass is 276 g/mol. The van der Waals surface area contributed by atoms with Gasteiger partial charge in [0.15, 0.2) is 0 Å². The quantitative estimate of drug-likeness (QED) is 0.460. The second kappa shape index (κ2) is 9.82. The molecule has 0 spiro atoms. The SMILES string of the molecule is CCCCCN(CCCCC)Nc1ccc(C)c(C)c1. The normalized spacial score (nSPS) is 11.1. The van der Waals surface area contributed by atoms with Gasteiger partial charge in [-0.25, -0.2) is 5.01 Å². The summed E-state index contributed by atoms with van der Waals surface area (Å²) in [7, 11) is 0. The van der Waals surface area contributed by atoms with Crippen LogP contribution in [0.2, 0.25) is 0 Å². The van der Waals surface area contributed by atoms with Gasteiger partial charge < -0.3 is 5.43 Å². The van der Waals surface area contributed by atoms with Gasteiger partial charge in [-0.3, -0.25) is 0 Å². The second-order valence-corrected chi connectivity index (χ2v) is 5.81. The van der Waals surface area contributed by atoms with Crippen molar-refractivity contribution in [3.05, 3.63) is 29.3 Å². The van der Waals surface area contributed by atoms with Crippen molar-refractivity contribution >= 4 is 5.69 Å². The Balaban J connectivity index is 2.54. The number of hydrazine groups is 1. The van der Waals surface area contributed by atoms with Gasteiger partial charge in [0.25, 0.3) is 0 Å². The molecule has 0 unspecified atom stereocenters. The molecule has 1 rings (SSSR count). The average molecular weight is 276 g/mol. The Morgan fingerprint density at radius 1 is 0.850 bits per heavy atom. The summed E-state index contributed by atoms with van der Waals surface area (Å²) >= 11 is 0. The highest BCUT2D eigenvalue weighted by atomic mass is 15.5. The number of hydrogen-bond donors (Lipinski definition) is 1. The third kappa shape index (κ3) is 6.42. The van der Waals surface area contributed by atoms with Gasteiger partial charge in [-0.05, 0) is 49.9 Å². The maximum Gasteiger partial charge on any atom is 0.0492 e. The molecule has 0 aliphatic carbocycles. The van der Waals surface area contributed by atoms with E-state index in [2.05, 4.69) is 56.3 Å². The topological polar surface area (TPSA) is 15.3 Å². The van der Waals surface area contributed by atoms with Crippen LogP contribution in [0.15, 0.2) is 18.2 Å². The number of unbranched alkanes of at least 4 members (excludes halogenated alkanes) is 4. The lowest BCUT2D eigenvalue weighted by molar-refractivity contribution is 0.313. The van der Waals surface area contributed by atoms with Crippen LogP contribution in [0.4, 0.5) is 5.69 Å². The summed E-state index contributed by atoms with van der Waals surface area (Å²) in [5.74, 6) is 0. The molecule has 0 bridgehead atoms. The molecule has 20 heavy (non-hydrogen) atoms. The van der Waals surface area contributed by atoms with Crippen LogP contribution in [0.3, 0.4) is 0 Å². The molecule has 114 valence electrons. The summed E-state index contributed by atoms with van der Waals surface area (Å²) in [6.45, 7) is 11.2. The molecule has 0 radical (unpaired) electrons. The van der Waals surface area contributed by atoms with Crippen molar-refractivity contribution in [1.82, 2.24) is 5.01 Å². The fraction of sp³-hybridized carbons (Fsp3) is 0.667. The first-order valence-corrected chi connectivity index (χ1v) is 8.26. The molecular weight excluding hydrogens is 244 g/mol. The number of rotatable bonds is 10. The van der Waals surface area contributed by atoms with Crippen LogP contribution < -0.4 is 5.43 Å². The van der Waals surface area contributed by atoms with Gasteiger partial charge in [-0.2, -0.15) is 0 Å². The van der Waals surface area contributed by atoms with Crippen LogP contribution in [0.25, 0.3) is 0 Å². The summed E-state index contributed by atoms with van der Waals surface area (Å²) in [6, 6.07) is 6.64. The van der Waals surface area contributed by atoms with E-state index in [4.69, 9.17) is 0 Å². The van der Waals surface area contributed by atoms with Crippen molar-refractivity contribution in [2.24, 2.45) is 0 Å². The van der Waals surface area contributed by atoms with Crippen molar-refractivity contribution in [2.45, 2.75) is 66.2 Å². The molecule has 0 saturated heterocycles. The van der Waals surface area contributed by atoms with E-state index in [1.54, 1.807) is 0 Å². The number of nitrogens with zero attached hydrogens (tertiary/aromatic N) is 1. The van der Waals surface area contributed by atoms with Crippen LogP contribution in [-0.2, 0) is 0 Å². The van der Waals surface area contributed by atoms with Gasteiger partial charge >= 0.3 is 0 Å².